The number of H-pyrrole nitrogens is 2. The second-order valence-corrected chi connectivity index (χ2v) is 6.72. The number of fused-ring (bicyclic) bond motifs is 1. The first-order valence-corrected chi connectivity index (χ1v) is 8.48. The predicted molar refractivity (Wildman–Crippen MR) is 90.1 cm³/mol. The maximum absolute atomic E-state index is 12.8. The van der Waals surface area contributed by atoms with Crippen molar-refractivity contribution in [1.82, 2.24) is 35.0 Å². The molecule has 2 aliphatic rings. The Morgan fingerprint density at radius 2 is 2.12 bits per heavy atom. The monoisotopic (exact) mass is 338 g/mol. The Morgan fingerprint density at radius 3 is 2.92 bits per heavy atom. The van der Waals surface area contributed by atoms with Crippen molar-refractivity contribution in [3.8, 4) is 0 Å². The van der Waals surface area contributed by atoms with E-state index < -0.39 is 0 Å². The van der Waals surface area contributed by atoms with Crippen molar-refractivity contribution in [2.45, 2.75) is 24.8 Å². The number of amides is 1. The molecule has 0 bridgehead atoms. The molecule has 4 heterocycles. The van der Waals surface area contributed by atoms with Crippen LogP contribution in [-0.4, -0.2) is 66.1 Å². The Kier molecular flexibility index (Phi) is 3.03. The van der Waals surface area contributed by atoms with Crippen LogP contribution in [0.4, 0.5) is 5.82 Å². The molecule has 2 fully saturated rings. The minimum atomic E-state index is -0.137. The van der Waals surface area contributed by atoms with Crippen molar-refractivity contribution in [2.24, 2.45) is 0 Å². The van der Waals surface area contributed by atoms with Crippen LogP contribution in [0.2, 0.25) is 0 Å². The van der Waals surface area contributed by atoms with Crippen molar-refractivity contribution >= 4 is 22.8 Å². The highest BCUT2D eigenvalue weighted by molar-refractivity contribution is 5.91. The number of carbonyl (C=O) groups is 1. The van der Waals surface area contributed by atoms with Crippen molar-refractivity contribution in [2.75, 3.05) is 24.5 Å². The van der Waals surface area contributed by atoms with E-state index in [0.29, 0.717) is 6.54 Å². The van der Waals surface area contributed by atoms with E-state index in [1.54, 1.807) is 6.33 Å². The first kappa shape index (κ1) is 14.4. The van der Waals surface area contributed by atoms with E-state index >= 15 is 0 Å². The Morgan fingerprint density at radius 1 is 1.20 bits per heavy atom. The molecule has 3 aromatic rings. The zero-order valence-electron chi connectivity index (χ0n) is 13.6. The van der Waals surface area contributed by atoms with Gasteiger partial charge in [0, 0.05) is 25.8 Å². The summed E-state index contributed by atoms with van der Waals surface area (Å²) in [5.74, 6) is 1.09. The molecule has 0 radical (unpaired) electrons. The van der Waals surface area contributed by atoms with E-state index in [-0.39, 0.29) is 17.3 Å². The Balaban J connectivity index is 1.47. The molecule has 0 unspecified atom stereocenters. The van der Waals surface area contributed by atoms with E-state index in [2.05, 4.69) is 35.0 Å². The lowest BCUT2D eigenvalue weighted by Gasteiger charge is -2.31. The number of aromatic nitrogens is 6. The van der Waals surface area contributed by atoms with Crippen LogP contribution < -0.4 is 4.90 Å². The van der Waals surface area contributed by atoms with Gasteiger partial charge < -0.3 is 14.8 Å². The standard InChI is InChI=1S/C16H18N8O/c25-15(13-19-10-21-22-13)24-7-1-6-23(8-16(24)3-4-16)14-11-2-5-17-12(11)18-9-20-14/h2,5,9-10H,1,3-4,6-8H2,(H,17,18,20)(H,19,21,22). The highest BCUT2D eigenvalue weighted by Gasteiger charge is 2.52. The SMILES string of the molecule is O=C(c1nc[nH]n1)N1CCCN(c2ncnc3[nH]ccc23)CC12CC2. The maximum atomic E-state index is 12.8. The zero-order valence-corrected chi connectivity index (χ0v) is 13.6. The lowest BCUT2D eigenvalue weighted by Crippen LogP contribution is -2.47. The largest absolute Gasteiger partial charge is 0.354 e. The molecule has 0 aromatic carbocycles. The normalized spacial score (nSPS) is 19.4. The summed E-state index contributed by atoms with van der Waals surface area (Å²) < 4.78 is 0. The lowest BCUT2D eigenvalue weighted by atomic mass is 10.2. The van der Waals surface area contributed by atoms with Gasteiger partial charge >= 0.3 is 0 Å². The Hall–Kier alpha value is -2.97. The third kappa shape index (κ3) is 2.26. The fourth-order valence-corrected chi connectivity index (χ4v) is 3.79. The van der Waals surface area contributed by atoms with E-state index in [9.17, 15) is 4.79 Å². The van der Waals surface area contributed by atoms with Crippen molar-refractivity contribution in [1.29, 1.82) is 0 Å². The number of anilines is 1. The van der Waals surface area contributed by atoms with Crippen LogP contribution >= 0.6 is 0 Å². The molecule has 128 valence electrons. The van der Waals surface area contributed by atoms with Gasteiger partial charge in [0.2, 0.25) is 5.82 Å². The lowest BCUT2D eigenvalue weighted by molar-refractivity contribution is 0.0657. The molecule has 3 aromatic heterocycles. The molecule has 9 heteroatoms. The molecular formula is C16H18N8O. The van der Waals surface area contributed by atoms with Crippen molar-refractivity contribution in [3.63, 3.8) is 0 Å². The van der Waals surface area contributed by atoms with Gasteiger partial charge in [-0.15, -0.1) is 5.10 Å². The molecule has 1 amide bonds. The third-order valence-electron chi connectivity index (χ3n) is 5.18. The van der Waals surface area contributed by atoms with E-state index in [4.69, 9.17) is 0 Å². The molecule has 5 rings (SSSR count). The summed E-state index contributed by atoms with van der Waals surface area (Å²) in [6, 6.07) is 2.01. The summed E-state index contributed by atoms with van der Waals surface area (Å²) in [4.78, 5) is 33.0. The van der Waals surface area contributed by atoms with Gasteiger partial charge in [-0.05, 0) is 25.3 Å². The van der Waals surface area contributed by atoms with Crippen molar-refractivity contribution < 1.29 is 4.79 Å². The molecule has 9 nitrogen and oxygen atoms in total. The van der Waals surface area contributed by atoms with Crippen molar-refractivity contribution in [3.05, 3.63) is 30.7 Å². The molecule has 25 heavy (non-hydrogen) atoms. The van der Waals surface area contributed by atoms with Crippen LogP contribution in [0.25, 0.3) is 11.0 Å². The topological polar surface area (TPSA) is 107 Å². The minimum absolute atomic E-state index is 0.0879. The minimum Gasteiger partial charge on any atom is -0.354 e. The second-order valence-electron chi connectivity index (χ2n) is 6.72. The number of hydrogen-bond acceptors (Lipinski definition) is 6. The predicted octanol–water partition coefficient (Wildman–Crippen LogP) is 0.961. The van der Waals surface area contributed by atoms with Gasteiger partial charge in [0.05, 0.1) is 10.9 Å². The first-order valence-electron chi connectivity index (χ1n) is 8.48. The summed E-state index contributed by atoms with van der Waals surface area (Å²) in [5, 5.41) is 7.61. The van der Waals surface area contributed by atoms with Crippen LogP contribution in [-0.2, 0) is 0 Å². The number of hydrogen-bond donors (Lipinski definition) is 2. The van der Waals surface area contributed by atoms with Gasteiger partial charge in [0.1, 0.15) is 24.1 Å². The Bertz CT molecular complexity index is 913. The number of rotatable bonds is 2. The first-order chi connectivity index (χ1) is 12.3. The maximum Gasteiger partial charge on any atom is 0.294 e. The van der Waals surface area contributed by atoms with Gasteiger partial charge in [-0.25, -0.2) is 15.0 Å². The van der Waals surface area contributed by atoms with Gasteiger partial charge in [-0.2, -0.15) is 0 Å². The molecule has 1 saturated heterocycles. The van der Waals surface area contributed by atoms with Gasteiger partial charge in [0.15, 0.2) is 0 Å². The summed E-state index contributed by atoms with van der Waals surface area (Å²) in [5.41, 5.74) is 0.703. The fourth-order valence-electron chi connectivity index (χ4n) is 3.79. The fraction of sp³-hybridized carbons (Fsp3) is 0.438. The van der Waals surface area contributed by atoms with Gasteiger partial charge in [-0.3, -0.25) is 9.89 Å². The summed E-state index contributed by atoms with van der Waals surface area (Å²) >= 11 is 0. The number of aromatic amines is 2. The van der Waals surface area contributed by atoms with Crippen LogP contribution in [0.1, 0.15) is 29.9 Å². The molecule has 1 aliphatic carbocycles. The molecule has 1 saturated carbocycles. The average Bonchev–Trinajstić information content (AvgIpc) is 3.05. The molecule has 0 atom stereocenters. The van der Waals surface area contributed by atoms with Crippen LogP contribution in [0.3, 0.4) is 0 Å². The smallest absolute Gasteiger partial charge is 0.294 e. The highest BCUT2D eigenvalue weighted by atomic mass is 16.2. The van der Waals surface area contributed by atoms with Crippen LogP contribution in [0.15, 0.2) is 24.9 Å². The van der Waals surface area contributed by atoms with Gasteiger partial charge in [-0.1, -0.05) is 0 Å². The van der Waals surface area contributed by atoms with Gasteiger partial charge in [0.25, 0.3) is 5.91 Å². The van der Waals surface area contributed by atoms with Crippen LogP contribution in [0.5, 0.6) is 0 Å². The van der Waals surface area contributed by atoms with E-state index in [1.807, 2.05) is 17.2 Å². The third-order valence-corrected chi connectivity index (χ3v) is 5.18. The van der Waals surface area contributed by atoms with Crippen LogP contribution in [0, 0.1) is 0 Å². The van der Waals surface area contributed by atoms with E-state index in [1.165, 1.54) is 6.33 Å². The number of carbonyl (C=O) groups excluding carboxylic acids is 1. The zero-order chi connectivity index (χ0) is 16.9. The molecular weight excluding hydrogens is 320 g/mol. The number of nitrogens with zero attached hydrogens (tertiary/aromatic N) is 6. The second kappa shape index (κ2) is 5.27. The Labute approximate surface area is 143 Å². The summed E-state index contributed by atoms with van der Waals surface area (Å²) in [7, 11) is 0. The quantitative estimate of drug-likeness (QED) is 0.721. The summed E-state index contributed by atoms with van der Waals surface area (Å²) in [6.07, 6.45) is 7.80. The van der Waals surface area contributed by atoms with E-state index in [0.717, 1.165) is 49.2 Å². The molecule has 1 aliphatic heterocycles. The average molecular weight is 338 g/mol. The molecule has 2 N–H and O–H groups in total. The number of nitrogens with one attached hydrogen (secondary N) is 2. The highest BCUT2D eigenvalue weighted by Crippen LogP contribution is 2.45. The molecule has 1 spiro atoms. The summed E-state index contributed by atoms with van der Waals surface area (Å²) in [6.45, 7) is 2.35.